The fourth-order valence-corrected chi connectivity index (χ4v) is 5.22. The lowest BCUT2D eigenvalue weighted by Gasteiger charge is -2.49. The van der Waals surface area contributed by atoms with Gasteiger partial charge in [0.2, 0.25) is 0 Å². The number of carbonyl (C=O) groups excluding carboxylic acids is 4. The number of esters is 1. The third kappa shape index (κ3) is 6.20. The summed E-state index contributed by atoms with van der Waals surface area (Å²) in [6.45, 7) is 3.12. The SMILES string of the molecule is CCCCON=C(C(=O)N[C@@H]1C(=O)N2C(C(=O)O)=C(COC(=O)CC(C)=O)CS[C@@H]12)c1csc(N)n1. The van der Waals surface area contributed by atoms with E-state index >= 15 is 0 Å². The number of oxime groups is 1. The average Bonchev–Trinajstić information content (AvgIpc) is 3.25. The number of fused-ring (bicyclic) bond motifs is 1. The molecule has 1 saturated heterocycles. The minimum Gasteiger partial charge on any atom is -0.477 e. The number of rotatable bonds is 12. The lowest BCUT2D eigenvalue weighted by Crippen LogP contribution is -2.71. The number of nitrogen functional groups attached to an aromatic ring is 1. The Morgan fingerprint density at radius 3 is 2.72 bits per heavy atom. The zero-order valence-corrected chi connectivity index (χ0v) is 21.1. The molecule has 3 heterocycles. The maximum absolute atomic E-state index is 13.0. The number of thiazole rings is 1. The third-order valence-corrected chi connectivity index (χ3v) is 7.08. The molecule has 2 atom stereocenters. The van der Waals surface area contributed by atoms with Crippen LogP contribution in [0.5, 0.6) is 0 Å². The number of thioether (sulfide) groups is 1. The van der Waals surface area contributed by atoms with Crippen molar-refractivity contribution in [1.82, 2.24) is 15.2 Å². The maximum atomic E-state index is 13.0. The van der Waals surface area contributed by atoms with Gasteiger partial charge in [0.05, 0.1) is 0 Å². The van der Waals surface area contributed by atoms with Crippen molar-refractivity contribution in [2.24, 2.45) is 5.16 Å². The molecule has 0 spiro atoms. The highest BCUT2D eigenvalue weighted by atomic mass is 32.2. The molecule has 36 heavy (non-hydrogen) atoms. The van der Waals surface area contributed by atoms with Crippen LogP contribution in [-0.2, 0) is 33.5 Å². The van der Waals surface area contributed by atoms with E-state index < -0.39 is 41.6 Å². The summed E-state index contributed by atoms with van der Waals surface area (Å²) in [6.07, 6.45) is 1.16. The molecule has 1 fully saturated rings. The highest BCUT2D eigenvalue weighted by Gasteiger charge is 2.54. The molecule has 3 rings (SSSR count). The van der Waals surface area contributed by atoms with Gasteiger partial charge in [-0.2, -0.15) is 0 Å². The number of hydrogen-bond acceptors (Lipinski definition) is 12. The van der Waals surface area contributed by atoms with Crippen LogP contribution < -0.4 is 11.1 Å². The van der Waals surface area contributed by atoms with Crippen molar-refractivity contribution < 1.29 is 38.7 Å². The number of aromatic nitrogens is 1. The number of Topliss-reactive ketones (excluding diaryl/α,β-unsaturated/α-hetero) is 1. The summed E-state index contributed by atoms with van der Waals surface area (Å²) in [5, 5.41) is 17.2. The molecule has 4 N–H and O–H groups in total. The summed E-state index contributed by atoms with van der Waals surface area (Å²) >= 11 is 2.31. The Morgan fingerprint density at radius 1 is 1.36 bits per heavy atom. The minimum atomic E-state index is -1.37. The number of aliphatic carboxylic acids is 1. The molecule has 1 aromatic heterocycles. The van der Waals surface area contributed by atoms with Gasteiger partial charge in [-0.25, -0.2) is 9.78 Å². The number of carbonyl (C=O) groups is 5. The summed E-state index contributed by atoms with van der Waals surface area (Å²) in [7, 11) is 0. The highest BCUT2D eigenvalue weighted by molar-refractivity contribution is 8.00. The number of hydrogen-bond donors (Lipinski definition) is 3. The van der Waals surface area contributed by atoms with Crippen molar-refractivity contribution in [3.8, 4) is 0 Å². The molecule has 1 aromatic rings. The zero-order chi connectivity index (χ0) is 26.4. The predicted octanol–water partition coefficient (Wildman–Crippen LogP) is 0.507. The number of β-lactam (4-membered cyclic amide) rings is 1. The number of ketones is 1. The normalized spacial score (nSPS) is 19.3. The van der Waals surface area contributed by atoms with Crippen molar-refractivity contribution in [2.75, 3.05) is 24.7 Å². The van der Waals surface area contributed by atoms with Gasteiger partial charge in [-0.15, -0.1) is 23.1 Å². The monoisotopic (exact) mass is 539 g/mol. The van der Waals surface area contributed by atoms with E-state index in [0.717, 1.165) is 29.1 Å². The fourth-order valence-electron chi connectivity index (χ4n) is 3.35. The summed E-state index contributed by atoms with van der Waals surface area (Å²) in [6, 6.07) is -1.02. The Hall–Kier alpha value is -3.46. The summed E-state index contributed by atoms with van der Waals surface area (Å²) in [5.74, 6) is -3.78. The third-order valence-electron chi connectivity index (χ3n) is 5.06. The van der Waals surface area contributed by atoms with Crippen LogP contribution in [0.1, 0.15) is 38.8 Å². The zero-order valence-electron chi connectivity index (χ0n) is 19.5. The molecule has 15 heteroatoms. The first-order valence-electron chi connectivity index (χ1n) is 10.9. The Kier molecular flexibility index (Phi) is 9.03. The molecule has 0 aliphatic carbocycles. The van der Waals surface area contributed by atoms with E-state index in [0.29, 0.717) is 0 Å². The summed E-state index contributed by atoms with van der Waals surface area (Å²) in [4.78, 5) is 70.9. The minimum absolute atomic E-state index is 0.138. The Balaban J connectivity index is 1.73. The van der Waals surface area contributed by atoms with Gasteiger partial charge >= 0.3 is 11.9 Å². The Bertz CT molecular complexity index is 1130. The van der Waals surface area contributed by atoms with E-state index in [1.165, 1.54) is 24.1 Å². The Labute approximate surface area is 214 Å². The number of amides is 2. The molecule has 0 radical (unpaired) electrons. The molecule has 0 saturated carbocycles. The average molecular weight is 540 g/mol. The van der Waals surface area contributed by atoms with Crippen LogP contribution in [0, 0.1) is 0 Å². The van der Waals surface area contributed by atoms with Crippen molar-refractivity contribution >= 4 is 63.5 Å². The van der Waals surface area contributed by atoms with Crippen LogP contribution in [0.2, 0.25) is 0 Å². The standard InChI is InChI=1S/C21H25N5O8S2/c1-3-4-5-34-25-14(12-9-36-21(22)23-12)17(29)24-15-18(30)26-16(20(31)32)11(8-35-19(15)26)7-33-13(28)6-10(2)27/h9,15,19H,3-8H2,1-2H3,(H2,22,23)(H,24,29)(H,31,32)/t15-,19+/m1/s1. The van der Waals surface area contributed by atoms with Gasteiger partial charge in [-0.1, -0.05) is 18.5 Å². The van der Waals surface area contributed by atoms with Crippen LogP contribution in [0.25, 0.3) is 0 Å². The number of nitrogens with one attached hydrogen (secondary N) is 1. The molecule has 0 aromatic carbocycles. The second-order valence-corrected chi connectivity index (χ2v) is 9.85. The van der Waals surface area contributed by atoms with E-state index in [-0.39, 0.29) is 52.6 Å². The number of unbranched alkanes of at least 4 members (excludes halogenated alkanes) is 1. The molecular weight excluding hydrogens is 514 g/mol. The van der Waals surface area contributed by atoms with Gasteiger partial charge < -0.3 is 25.7 Å². The summed E-state index contributed by atoms with van der Waals surface area (Å²) in [5.41, 5.74) is 5.60. The van der Waals surface area contributed by atoms with Gasteiger partial charge in [-0.3, -0.25) is 24.1 Å². The fraction of sp³-hybridized carbons (Fsp3) is 0.476. The van der Waals surface area contributed by atoms with Gasteiger partial charge in [0.25, 0.3) is 11.8 Å². The van der Waals surface area contributed by atoms with E-state index in [2.05, 4.69) is 15.5 Å². The number of carboxylic acids is 1. The van der Waals surface area contributed by atoms with Gasteiger partial charge in [0.1, 0.15) is 48.2 Å². The lowest BCUT2D eigenvalue weighted by molar-refractivity contribution is -0.150. The van der Waals surface area contributed by atoms with Gasteiger partial charge in [0.15, 0.2) is 10.8 Å². The maximum Gasteiger partial charge on any atom is 0.352 e. The molecular formula is C21H25N5O8S2. The second-order valence-electron chi connectivity index (χ2n) is 7.86. The van der Waals surface area contributed by atoms with Crippen molar-refractivity contribution in [3.05, 3.63) is 22.3 Å². The molecule has 13 nitrogen and oxygen atoms in total. The first-order chi connectivity index (χ1) is 17.1. The molecule has 0 unspecified atom stereocenters. The van der Waals surface area contributed by atoms with Crippen molar-refractivity contribution in [3.63, 3.8) is 0 Å². The van der Waals surface area contributed by atoms with E-state index in [1.54, 1.807) is 0 Å². The van der Waals surface area contributed by atoms with Crippen LogP contribution in [-0.4, -0.2) is 80.6 Å². The molecule has 2 aliphatic rings. The van der Waals surface area contributed by atoms with Gasteiger partial charge in [-0.05, 0) is 13.3 Å². The molecule has 2 amide bonds. The van der Waals surface area contributed by atoms with Crippen LogP contribution in [0.15, 0.2) is 21.8 Å². The van der Waals surface area contributed by atoms with Crippen LogP contribution >= 0.6 is 23.1 Å². The van der Waals surface area contributed by atoms with Crippen molar-refractivity contribution in [1.29, 1.82) is 0 Å². The summed E-state index contributed by atoms with van der Waals surface area (Å²) < 4.78 is 5.00. The molecule has 2 aliphatic heterocycles. The van der Waals surface area contributed by atoms with Crippen molar-refractivity contribution in [2.45, 2.75) is 44.5 Å². The lowest BCUT2D eigenvalue weighted by atomic mass is 10.0. The second kappa shape index (κ2) is 12.0. The number of ether oxygens (including phenoxy) is 1. The number of carboxylic acid groups (broad SMARTS) is 1. The highest BCUT2D eigenvalue weighted by Crippen LogP contribution is 2.40. The number of nitrogens with zero attached hydrogens (tertiary/aromatic N) is 3. The van der Waals surface area contributed by atoms with E-state index in [1.807, 2.05) is 6.92 Å². The largest absolute Gasteiger partial charge is 0.477 e. The quantitative estimate of drug-likeness (QED) is 0.0837. The van der Waals surface area contributed by atoms with Crippen LogP contribution in [0.3, 0.4) is 0 Å². The van der Waals surface area contributed by atoms with Crippen LogP contribution in [0.4, 0.5) is 5.13 Å². The van der Waals surface area contributed by atoms with Gasteiger partial charge in [0, 0.05) is 16.7 Å². The smallest absolute Gasteiger partial charge is 0.352 e. The number of nitrogens with two attached hydrogens (primary N) is 1. The first-order valence-corrected chi connectivity index (χ1v) is 12.8. The van der Waals surface area contributed by atoms with E-state index in [9.17, 15) is 29.1 Å². The van der Waals surface area contributed by atoms with E-state index in [4.69, 9.17) is 15.3 Å². The molecule has 0 bridgehead atoms. The Morgan fingerprint density at radius 2 is 2.11 bits per heavy atom. The topological polar surface area (TPSA) is 191 Å². The predicted molar refractivity (Wildman–Crippen MR) is 130 cm³/mol. The molecule has 194 valence electrons. The first kappa shape index (κ1) is 27.1. The number of anilines is 1.